The van der Waals surface area contributed by atoms with Crippen LogP contribution in [0.4, 0.5) is 9.18 Å². The second kappa shape index (κ2) is 4.56. The van der Waals surface area contributed by atoms with Crippen molar-refractivity contribution in [1.82, 2.24) is 20.9 Å². The molecule has 5 N–H and O–H groups in total. The lowest BCUT2D eigenvalue weighted by atomic mass is 10.1. The number of hydrogen-bond acceptors (Lipinski definition) is 4. The van der Waals surface area contributed by atoms with E-state index >= 15 is 0 Å². The molecule has 0 aromatic heterocycles. The molecule has 1 rings (SSSR count). The molecule has 0 radical (unpaired) electrons. The predicted molar refractivity (Wildman–Crippen MR) is 54.3 cm³/mol. The first-order valence-corrected chi connectivity index (χ1v) is 4.58. The molecule has 0 fully saturated rings. The third kappa shape index (κ3) is 2.44. The van der Waals surface area contributed by atoms with E-state index in [9.17, 15) is 9.18 Å². The Kier molecular flexibility index (Phi) is 3.61. The minimum atomic E-state index is -1.45. The van der Waals surface area contributed by atoms with Gasteiger partial charge in [0.2, 0.25) is 0 Å². The quantitative estimate of drug-likeness (QED) is 0.480. The van der Waals surface area contributed by atoms with Gasteiger partial charge in [0.05, 0.1) is 6.67 Å². The molecule has 0 saturated heterocycles. The molecule has 0 spiro atoms. The average molecular weight is 217 g/mol. The molecule has 1 heterocycles. The Bertz CT molecular complexity index is 282. The summed E-state index contributed by atoms with van der Waals surface area (Å²) in [5.74, 6) is -0.577. The summed E-state index contributed by atoms with van der Waals surface area (Å²) in [4.78, 5) is 12.7. The Hall–Kier alpha value is -1.18. The van der Waals surface area contributed by atoms with Crippen LogP contribution in [-0.4, -0.2) is 43.9 Å². The van der Waals surface area contributed by atoms with Crippen LogP contribution in [0, 0.1) is 0 Å². The fourth-order valence-electron chi connectivity index (χ4n) is 1.33. The minimum Gasteiger partial charge on any atom is -0.316 e. The average Bonchev–Trinajstić information content (AvgIpc) is 2.15. The highest BCUT2D eigenvalue weighted by atomic mass is 19.1. The Morgan fingerprint density at radius 1 is 1.60 bits per heavy atom. The summed E-state index contributed by atoms with van der Waals surface area (Å²) in [5.41, 5.74) is 4.23. The van der Waals surface area contributed by atoms with E-state index in [4.69, 9.17) is 5.73 Å². The molecule has 0 aromatic rings. The van der Waals surface area contributed by atoms with Crippen molar-refractivity contribution in [2.75, 3.05) is 27.3 Å². The van der Waals surface area contributed by atoms with E-state index in [0.717, 1.165) is 6.20 Å². The maximum atomic E-state index is 13.6. The molecule has 1 aliphatic rings. The number of urea groups is 1. The van der Waals surface area contributed by atoms with Crippen molar-refractivity contribution in [2.45, 2.75) is 5.66 Å². The summed E-state index contributed by atoms with van der Waals surface area (Å²) in [6.45, 7) is 0.364. The van der Waals surface area contributed by atoms with Crippen LogP contribution in [0.2, 0.25) is 0 Å². The van der Waals surface area contributed by atoms with E-state index < -0.39 is 17.5 Å². The largest absolute Gasteiger partial charge is 0.324 e. The second-order valence-electron chi connectivity index (χ2n) is 3.39. The number of carbonyl (C=O) groups is 1. The first kappa shape index (κ1) is 11.9. The summed E-state index contributed by atoms with van der Waals surface area (Å²) < 4.78 is 13.6. The van der Waals surface area contributed by atoms with Crippen molar-refractivity contribution in [2.24, 2.45) is 5.73 Å². The Labute approximate surface area is 87.7 Å². The van der Waals surface area contributed by atoms with Crippen molar-refractivity contribution >= 4 is 6.03 Å². The zero-order chi connectivity index (χ0) is 11.5. The Balaban J connectivity index is 2.83. The van der Waals surface area contributed by atoms with E-state index in [1.165, 1.54) is 4.90 Å². The van der Waals surface area contributed by atoms with E-state index in [1.54, 1.807) is 14.1 Å². The third-order valence-electron chi connectivity index (χ3n) is 2.07. The summed E-state index contributed by atoms with van der Waals surface area (Å²) in [7, 11) is 3.30. The smallest absolute Gasteiger partial charge is 0.316 e. The number of hydrogen-bond donors (Lipinski definition) is 4. The van der Waals surface area contributed by atoms with Gasteiger partial charge >= 0.3 is 6.03 Å². The number of likely N-dealkylation sites (N-methyl/N-ethyl adjacent to an activating group) is 1. The van der Waals surface area contributed by atoms with Crippen LogP contribution in [0.5, 0.6) is 0 Å². The fourth-order valence-corrected chi connectivity index (χ4v) is 1.33. The molecule has 1 atom stereocenters. The Morgan fingerprint density at radius 2 is 2.27 bits per heavy atom. The molecule has 86 valence electrons. The van der Waals surface area contributed by atoms with Gasteiger partial charge in [-0.1, -0.05) is 0 Å². The maximum absolute atomic E-state index is 13.6. The molecule has 0 aromatic carbocycles. The zero-order valence-corrected chi connectivity index (χ0v) is 8.80. The fraction of sp³-hybridized carbons (Fsp3) is 0.625. The molecule has 2 amide bonds. The van der Waals surface area contributed by atoms with Crippen LogP contribution in [0.15, 0.2) is 12.0 Å². The van der Waals surface area contributed by atoms with Gasteiger partial charge in [0.1, 0.15) is 0 Å². The van der Waals surface area contributed by atoms with Crippen molar-refractivity contribution in [1.29, 1.82) is 0 Å². The number of halogens is 1. The molecule has 0 aliphatic carbocycles. The van der Waals surface area contributed by atoms with Gasteiger partial charge in [0.15, 0.2) is 11.5 Å². The van der Waals surface area contributed by atoms with E-state index in [2.05, 4.69) is 16.0 Å². The van der Waals surface area contributed by atoms with Gasteiger partial charge in [0.25, 0.3) is 0 Å². The summed E-state index contributed by atoms with van der Waals surface area (Å²) in [6.07, 6.45) is 1.10. The topological polar surface area (TPSA) is 82.4 Å². The first-order valence-electron chi connectivity index (χ1n) is 4.58. The minimum absolute atomic E-state index is 0.133. The molecule has 0 saturated carbocycles. The normalized spacial score (nSPS) is 26.3. The van der Waals surface area contributed by atoms with Crippen LogP contribution in [0.25, 0.3) is 0 Å². The van der Waals surface area contributed by atoms with Gasteiger partial charge in [-0.3, -0.25) is 4.90 Å². The number of rotatable bonds is 4. The van der Waals surface area contributed by atoms with Crippen LogP contribution in [0.1, 0.15) is 0 Å². The molecule has 0 bridgehead atoms. The number of nitrogens with zero attached hydrogens (tertiary/aromatic N) is 1. The highest BCUT2D eigenvalue weighted by molar-refractivity contribution is 5.78. The third-order valence-corrected chi connectivity index (χ3v) is 2.07. The highest BCUT2D eigenvalue weighted by Gasteiger charge is 2.37. The van der Waals surface area contributed by atoms with E-state index in [-0.39, 0.29) is 13.2 Å². The van der Waals surface area contributed by atoms with Gasteiger partial charge in [-0.25, -0.2) is 9.18 Å². The number of amides is 2. The highest BCUT2D eigenvalue weighted by Crippen LogP contribution is 2.17. The molecule has 6 nitrogen and oxygen atoms in total. The second-order valence-corrected chi connectivity index (χ2v) is 3.39. The monoisotopic (exact) mass is 217 g/mol. The van der Waals surface area contributed by atoms with Crippen molar-refractivity contribution < 1.29 is 9.18 Å². The summed E-state index contributed by atoms with van der Waals surface area (Å²) >= 11 is 0. The summed E-state index contributed by atoms with van der Waals surface area (Å²) in [5, 5.41) is 7.86. The lowest BCUT2D eigenvalue weighted by Gasteiger charge is -2.35. The van der Waals surface area contributed by atoms with E-state index in [1.807, 2.05) is 0 Å². The summed E-state index contributed by atoms with van der Waals surface area (Å²) in [6, 6.07) is -0.427. The lowest BCUT2D eigenvalue weighted by Crippen LogP contribution is -2.66. The first-order chi connectivity index (χ1) is 7.03. The zero-order valence-electron chi connectivity index (χ0n) is 8.80. The van der Waals surface area contributed by atoms with Gasteiger partial charge in [-0.05, 0) is 14.1 Å². The van der Waals surface area contributed by atoms with Crippen molar-refractivity contribution in [3.63, 3.8) is 0 Å². The number of nitrogens with two attached hydrogens (primary N) is 1. The SMILES string of the molecule is CNCN1C=C(F)C(N)(CNC)NC1=O. The van der Waals surface area contributed by atoms with Gasteiger partial charge in [-0.2, -0.15) is 0 Å². The van der Waals surface area contributed by atoms with Gasteiger partial charge in [0, 0.05) is 12.7 Å². The molecule has 1 aliphatic heterocycles. The van der Waals surface area contributed by atoms with Crippen LogP contribution >= 0.6 is 0 Å². The van der Waals surface area contributed by atoms with Gasteiger partial charge in [-0.15, -0.1) is 0 Å². The maximum Gasteiger partial charge on any atom is 0.324 e. The molecule has 7 heteroatoms. The molecule has 1 unspecified atom stereocenters. The van der Waals surface area contributed by atoms with Crippen LogP contribution in [0.3, 0.4) is 0 Å². The predicted octanol–water partition coefficient (Wildman–Crippen LogP) is -1.13. The molecular formula is C8H16FN5O. The van der Waals surface area contributed by atoms with Gasteiger partial charge < -0.3 is 21.7 Å². The molecular weight excluding hydrogens is 201 g/mol. The van der Waals surface area contributed by atoms with Crippen molar-refractivity contribution in [3.8, 4) is 0 Å². The van der Waals surface area contributed by atoms with Crippen LogP contribution in [-0.2, 0) is 0 Å². The van der Waals surface area contributed by atoms with Crippen molar-refractivity contribution in [3.05, 3.63) is 12.0 Å². The molecule has 15 heavy (non-hydrogen) atoms. The lowest BCUT2D eigenvalue weighted by molar-refractivity contribution is 0.183. The van der Waals surface area contributed by atoms with E-state index in [0.29, 0.717) is 0 Å². The number of nitrogens with one attached hydrogen (secondary N) is 3. The Morgan fingerprint density at radius 3 is 2.80 bits per heavy atom. The number of carbonyl (C=O) groups excluding carboxylic acids is 1. The van der Waals surface area contributed by atoms with Crippen LogP contribution < -0.4 is 21.7 Å². The standard InChI is InChI=1S/C8H16FN5O/c1-11-4-8(10)6(9)3-14(5-12-2)7(15)13-8/h3,11-12H,4-5,10H2,1-2H3,(H,13,15).